The van der Waals surface area contributed by atoms with Gasteiger partial charge in [-0.2, -0.15) is 0 Å². The minimum absolute atomic E-state index is 0.381. The fourth-order valence-electron chi connectivity index (χ4n) is 5.32. The molecule has 1 aliphatic carbocycles. The first-order valence-corrected chi connectivity index (χ1v) is 9.15. The van der Waals surface area contributed by atoms with E-state index in [0.29, 0.717) is 22.6 Å². The van der Waals surface area contributed by atoms with Crippen LogP contribution in [-0.2, 0) is 6.54 Å². The second kappa shape index (κ2) is 5.80. The molecule has 1 saturated heterocycles. The molecule has 4 rings (SSSR count). The van der Waals surface area contributed by atoms with Crippen LogP contribution in [0.25, 0.3) is 11.1 Å². The Balaban J connectivity index is 1.59. The molecule has 0 amide bonds. The van der Waals surface area contributed by atoms with Crippen molar-refractivity contribution in [1.29, 1.82) is 0 Å². The van der Waals surface area contributed by atoms with Crippen molar-refractivity contribution in [2.45, 2.75) is 52.6 Å². The van der Waals surface area contributed by atoms with Gasteiger partial charge < -0.3 is 5.11 Å². The van der Waals surface area contributed by atoms with Crippen molar-refractivity contribution in [3.63, 3.8) is 0 Å². The molecule has 2 atom stereocenters. The molecule has 2 fully saturated rings. The van der Waals surface area contributed by atoms with Gasteiger partial charge in [0.1, 0.15) is 12.1 Å². The molecule has 0 radical (unpaired) electrons. The van der Waals surface area contributed by atoms with E-state index in [1.165, 1.54) is 25.6 Å². The second-order valence-corrected chi connectivity index (χ2v) is 9.09. The van der Waals surface area contributed by atoms with Gasteiger partial charge in [-0.25, -0.2) is 9.97 Å². The number of likely N-dealkylation sites (tertiary alicyclic amines) is 1. The maximum absolute atomic E-state index is 10.4. The van der Waals surface area contributed by atoms with E-state index >= 15 is 0 Å². The molecule has 4 nitrogen and oxygen atoms in total. The summed E-state index contributed by atoms with van der Waals surface area (Å²) in [6.45, 7) is 9.16. The number of benzene rings is 1. The van der Waals surface area contributed by atoms with E-state index in [1.54, 1.807) is 6.07 Å². The Bertz CT molecular complexity index is 774. The van der Waals surface area contributed by atoms with Gasteiger partial charge in [-0.15, -0.1) is 0 Å². The van der Waals surface area contributed by atoms with Gasteiger partial charge in [0.15, 0.2) is 0 Å². The Morgan fingerprint density at radius 1 is 1.12 bits per heavy atom. The molecule has 1 aliphatic heterocycles. The number of phenols is 1. The zero-order chi connectivity index (χ0) is 17.7. The maximum atomic E-state index is 10.4. The molecule has 0 spiro atoms. The Labute approximate surface area is 149 Å². The molecule has 1 aromatic heterocycles. The van der Waals surface area contributed by atoms with E-state index in [9.17, 15) is 5.11 Å². The van der Waals surface area contributed by atoms with E-state index < -0.39 is 0 Å². The third-order valence-electron chi connectivity index (χ3n) is 5.87. The molecular weight excluding hydrogens is 310 g/mol. The van der Waals surface area contributed by atoms with Gasteiger partial charge >= 0.3 is 0 Å². The van der Waals surface area contributed by atoms with E-state index in [1.807, 2.05) is 18.5 Å². The lowest BCUT2D eigenvalue weighted by atomic mass is 9.65. The number of nitrogens with zero attached hydrogens (tertiary/aromatic N) is 3. The third kappa shape index (κ3) is 3.28. The van der Waals surface area contributed by atoms with Crippen LogP contribution in [0.5, 0.6) is 5.75 Å². The molecule has 4 heteroatoms. The largest absolute Gasteiger partial charge is 0.508 e. The number of hydrogen-bond acceptors (Lipinski definition) is 4. The SMILES string of the molecule is CC1(C)C[C@H]2C[C@@](C)(CN2Cc2cc(-c3cncnc3)ccc2O)C1. The highest BCUT2D eigenvalue weighted by Gasteiger charge is 2.49. The van der Waals surface area contributed by atoms with Crippen molar-refractivity contribution in [1.82, 2.24) is 14.9 Å². The lowest BCUT2D eigenvalue weighted by Gasteiger charge is -2.40. The Morgan fingerprint density at radius 2 is 1.88 bits per heavy atom. The number of aromatic nitrogens is 2. The average Bonchev–Trinajstić information content (AvgIpc) is 2.78. The predicted molar refractivity (Wildman–Crippen MR) is 99.1 cm³/mol. The van der Waals surface area contributed by atoms with Crippen LogP contribution in [0.4, 0.5) is 0 Å². The Hall–Kier alpha value is -1.94. The van der Waals surface area contributed by atoms with Crippen molar-refractivity contribution in [3.8, 4) is 16.9 Å². The van der Waals surface area contributed by atoms with Gasteiger partial charge in [-0.05, 0) is 47.8 Å². The van der Waals surface area contributed by atoms with Crippen LogP contribution in [0, 0.1) is 10.8 Å². The Kier molecular flexibility index (Phi) is 3.84. The minimum atomic E-state index is 0.381. The zero-order valence-electron chi connectivity index (χ0n) is 15.4. The quantitative estimate of drug-likeness (QED) is 0.909. The number of rotatable bonds is 3. The summed E-state index contributed by atoms with van der Waals surface area (Å²) in [5.74, 6) is 0.381. The summed E-state index contributed by atoms with van der Waals surface area (Å²) in [7, 11) is 0. The molecule has 2 aromatic rings. The van der Waals surface area contributed by atoms with E-state index in [-0.39, 0.29) is 0 Å². The van der Waals surface area contributed by atoms with Crippen LogP contribution in [0.2, 0.25) is 0 Å². The lowest BCUT2D eigenvalue weighted by Crippen LogP contribution is -2.34. The van der Waals surface area contributed by atoms with Gasteiger partial charge in [0.05, 0.1) is 0 Å². The normalized spacial score (nSPS) is 28.2. The fraction of sp³-hybridized carbons (Fsp3) is 0.524. The van der Waals surface area contributed by atoms with Gasteiger partial charge in [0, 0.05) is 42.7 Å². The molecule has 1 N–H and O–H groups in total. The topological polar surface area (TPSA) is 49.2 Å². The summed E-state index contributed by atoms with van der Waals surface area (Å²) < 4.78 is 0. The van der Waals surface area contributed by atoms with Crippen LogP contribution >= 0.6 is 0 Å². The molecule has 2 heterocycles. The fourth-order valence-corrected chi connectivity index (χ4v) is 5.32. The second-order valence-electron chi connectivity index (χ2n) is 9.09. The van der Waals surface area contributed by atoms with Crippen molar-refractivity contribution in [2.75, 3.05) is 6.54 Å². The van der Waals surface area contributed by atoms with E-state index in [0.717, 1.165) is 29.8 Å². The predicted octanol–water partition coefficient (Wildman–Crippen LogP) is 4.25. The zero-order valence-corrected chi connectivity index (χ0v) is 15.4. The lowest BCUT2D eigenvalue weighted by molar-refractivity contribution is 0.126. The van der Waals surface area contributed by atoms with Gasteiger partial charge in [0.2, 0.25) is 0 Å². The van der Waals surface area contributed by atoms with Crippen molar-refractivity contribution in [3.05, 3.63) is 42.5 Å². The third-order valence-corrected chi connectivity index (χ3v) is 5.87. The summed E-state index contributed by atoms with van der Waals surface area (Å²) in [5, 5.41) is 10.4. The molecule has 2 bridgehead atoms. The first-order valence-electron chi connectivity index (χ1n) is 9.15. The summed E-state index contributed by atoms with van der Waals surface area (Å²) in [6.07, 6.45) is 8.99. The van der Waals surface area contributed by atoms with Crippen LogP contribution < -0.4 is 0 Å². The minimum Gasteiger partial charge on any atom is -0.508 e. The van der Waals surface area contributed by atoms with E-state index in [4.69, 9.17) is 0 Å². The molecule has 0 unspecified atom stereocenters. The number of aromatic hydroxyl groups is 1. The summed E-state index contributed by atoms with van der Waals surface area (Å²) in [6, 6.07) is 6.44. The molecule has 1 saturated carbocycles. The summed E-state index contributed by atoms with van der Waals surface area (Å²) >= 11 is 0. The van der Waals surface area contributed by atoms with Crippen molar-refractivity contribution in [2.24, 2.45) is 10.8 Å². The molecule has 25 heavy (non-hydrogen) atoms. The van der Waals surface area contributed by atoms with Gasteiger partial charge in [0.25, 0.3) is 0 Å². The number of hydrogen-bond donors (Lipinski definition) is 1. The van der Waals surface area contributed by atoms with Gasteiger partial charge in [-0.1, -0.05) is 26.8 Å². The molecule has 2 aliphatic rings. The van der Waals surface area contributed by atoms with E-state index in [2.05, 4.69) is 41.7 Å². The van der Waals surface area contributed by atoms with Crippen LogP contribution in [0.3, 0.4) is 0 Å². The molecular formula is C21H27N3O. The molecule has 1 aromatic carbocycles. The maximum Gasteiger partial charge on any atom is 0.120 e. The van der Waals surface area contributed by atoms with Crippen molar-refractivity contribution >= 4 is 0 Å². The number of phenolic OH excluding ortho intramolecular Hbond substituents is 1. The van der Waals surface area contributed by atoms with Crippen LogP contribution in [0.1, 0.15) is 45.6 Å². The summed E-state index contributed by atoms with van der Waals surface area (Å²) in [5.41, 5.74) is 3.86. The Morgan fingerprint density at radius 3 is 2.64 bits per heavy atom. The van der Waals surface area contributed by atoms with Crippen LogP contribution in [0.15, 0.2) is 36.9 Å². The average molecular weight is 337 g/mol. The van der Waals surface area contributed by atoms with Crippen molar-refractivity contribution < 1.29 is 5.11 Å². The number of fused-ring (bicyclic) bond motifs is 2. The molecule has 132 valence electrons. The van der Waals surface area contributed by atoms with Crippen LogP contribution in [-0.4, -0.2) is 32.6 Å². The highest BCUT2D eigenvalue weighted by atomic mass is 16.3. The summed E-state index contributed by atoms with van der Waals surface area (Å²) in [4.78, 5) is 10.8. The van der Waals surface area contributed by atoms with Gasteiger partial charge in [-0.3, -0.25) is 4.90 Å². The monoisotopic (exact) mass is 337 g/mol. The first kappa shape index (κ1) is 16.5. The smallest absolute Gasteiger partial charge is 0.120 e. The standard InChI is InChI=1S/C21H27N3O/c1-20(2)7-18-8-21(3,12-20)13-24(18)11-16-6-15(4-5-19(16)25)17-9-22-14-23-10-17/h4-6,9-10,14,18,25H,7-8,11-13H2,1-3H3/t18-,21+/m0/s1. The highest BCUT2D eigenvalue weighted by Crippen LogP contribution is 2.52. The highest BCUT2D eigenvalue weighted by molar-refractivity contribution is 5.63. The first-order chi connectivity index (χ1) is 11.8.